The number of carbonyl (C=O) groups is 1. The van der Waals surface area contributed by atoms with Gasteiger partial charge in [-0.25, -0.2) is 0 Å². The largest absolute Gasteiger partial charge is 0.373 e. The monoisotopic (exact) mass is 264 g/mol. The zero-order valence-electron chi connectivity index (χ0n) is 11.0. The summed E-state index contributed by atoms with van der Waals surface area (Å²) in [4.78, 5) is 11.8. The van der Waals surface area contributed by atoms with E-state index in [0.717, 1.165) is 25.9 Å². The maximum absolute atomic E-state index is 11.8. The molecule has 102 valence electrons. The molecule has 0 aromatic heterocycles. The van der Waals surface area contributed by atoms with Crippen LogP contribution in [0.25, 0.3) is 0 Å². The number of carbonyl (C=O) groups excluding carboxylic acids is 1. The first-order valence-electron chi connectivity index (χ1n) is 6.16. The van der Waals surface area contributed by atoms with E-state index in [0.29, 0.717) is 6.54 Å². The molecule has 1 saturated heterocycles. The zero-order valence-corrected chi connectivity index (χ0v) is 11.8. The SMILES string of the molecule is CCC(C)C(N)C(=O)NCC1(C)CCCO1.Cl. The highest BCUT2D eigenvalue weighted by Crippen LogP contribution is 2.23. The van der Waals surface area contributed by atoms with E-state index < -0.39 is 6.04 Å². The van der Waals surface area contributed by atoms with Crippen LogP contribution in [0.4, 0.5) is 0 Å². The summed E-state index contributed by atoms with van der Waals surface area (Å²) < 4.78 is 5.60. The first kappa shape index (κ1) is 16.7. The molecule has 1 aliphatic heterocycles. The van der Waals surface area contributed by atoms with Crippen molar-refractivity contribution in [3.8, 4) is 0 Å². The van der Waals surface area contributed by atoms with Gasteiger partial charge >= 0.3 is 0 Å². The molecule has 0 saturated carbocycles. The molecule has 0 aromatic rings. The first-order valence-corrected chi connectivity index (χ1v) is 6.16. The molecule has 4 nitrogen and oxygen atoms in total. The van der Waals surface area contributed by atoms with Gasteiger partial charge in [0, 0.05) is 13.2 Å². The van der Waals surface area contributed by atoms with Crippen LogP contribution in [0, 0.1) is 5.92 Å². The Bertz CT molecular complexity index is 243. The first-order chi connectivity index (χ1) is 7.48. The Labute approximate surface area is 110 Å². The lowest BCUT2D eigenvalue weighted by molar-refractivity contribution is -0.124. The number of nitrogens with one attached hydrogen (secondary N) is 1. The molecule has 0 spiro atoms. The maximum Gasteiger partial charge on any atom is 0.237 e. The minimum atomic E-state index is -0.407. The van der Waals surface area contributed by atoms with Crippen LogP contribution >= 0.6 is 12.4 Å². The summed E-state index contributed by atoms with van der Waals surface area (Å²) in [7, 11) is 0. The van der Waals surface area contributed by atoms with E-state index >= 15 is 0 Å². The number of amides is 1. The van der Waals surface area contributed by atoms with Crippen LogP contribution in [0.3, 0.4) is 0 Å². The second kappa shape index (κ2) is 7.19. The third-order valence-electron chi connectivity index (χ3n) is 3.50. The van der Waals surface area contributed by atoms with E-state index in [9.17, 15) is 4.79 Å². The van der Waals surface area contributed by atoms with Crippen molar-refractivity contribution >= 4 is 18.3 Å². The Morgan fingerprint density at radius 2 is 2.24 bits per heavy atom. The van der Waals surface area contributed by atoms with E-state index in [1.807, 2.05) is 20.8 Å². The van der Waals surface area contributed by atoms with Gasteiger partial charge in [0.1, 0.15) is 0 Å². The highest BCUT2D eigenvalue weighted by Gasteiger charge is 2.31. The average Bonchev–Trinajstić information content (AvgIpc) is 2.71. The number of halogens is 1. The van der Waals surface area contributed by atoms with Gasteiger partial charge in [0.05, 0.1) is 11.6 Å². The summed E-state index contributed by atoms with van der Waals surface area (Å²) >= 11 is 0. The summed E-state index contributed by atoms with van der Waals surface area (Å²) in [6, 6.07) is -0.407. The third kappa shape index (κ3) is 4.82. The predicted molar refractivity (Wildman–Crippen MR) is 71.3 cm³/mol. The Hall–Kier alpha value is -0.320. The van der Waals surface area contributed by atoms with Crippen molar-refractivity contribution in [2.45, 2.75) is 51.7 Å². The molecule has 0 bridgehead atoms. The molecule has 1 heterocycles. The Morgan fingerprint density at radius 1 is 1.59 bits per heavy atom. The molecule has 1 aliphatic rings. The second-order valence-corrected chi connectivity index (χ2v) is 5.03. The topological polar surface area (TPSA) is 64.4 Å². The van der Waals surface area contributed by atoms with E-state index in [2.05, 4.69) is 5.32 Å². The highest BCUT2D eigenvalue weighted by molar-refractivity contribution is 5.85. The van der Waals surface area contributed by atoms with Crippen molar-refractivity contribution < 1.29 is 9.53 Å². The molecule has 0 aromatic carbocycles. The molecule has 3 unspecified atom stereocenters. The molecule has 1 fully saturated rings. The number of nitrogens with two attached hydrogens (primary N) is 1. The van der Waals surface area contributed by atoms with E-state index in [1.54, 1.807) is 0 Å². The smallest absolute Gasteiger partial charge is 0.237 e. The summed E-state index contributed by atoms with van der Waals surface area (Å²) in [6.45, 7) is 7.44. The molecule has 5 heteroatoms. The third-order valence-corrected chi connectivity index (χ3v) is 3.50. The number of ether oxygens (including phenoxy) is 1. The Morgan fingerprint density at radius 3 is 2.71 bits per heavy atom. The fraction of sp³-hybridized carbons (Fsp3) is 0.917. The number of hydrogen-bond donors (Lipinski definition) is 2. The average molecular weight is 265 g/mol. The predicted octanol–water partition coefficient (Wildman–Crippen LogP) is 1.47. The second-order valence-electron chi connectivity index (χ2n) is 5.03. The summed E-state index contributed by atoms with van der Waals surface area (Å²) in [5.41, 5.74) is 5.66. The van der Waals surface area contributed by atoms with E-state index in [1.165, 1.54) is 0 Å². The molecule has 1 rings (SSSR count). The Kier molecular flexibility index (Phi) is 7.05. The molecule has 0 radical (unpaired) electrons. The van der Waals surface area contributed by atoms with Crippen LogP contribution in [-0.4, -0.2) is 30.7 Å². The lowest BCUT2D eigenvalue weighted by Gasteiger charge is -2.25. The van der Waals surface area contributed by atoms with Crippen molar-refractivity contribution in [1.82, 2.24) is 5.32 Å². The van der Waals surface area contributed by atoms with Gasteiger partial charge in [-0.2, -0.15) is 0 Å². The highest BCUT2D eigenvalue weighted by atomic mass is 35.5. The molecule has 17 heavy (non-hydrogen) atoms. The van der Waals surface area contributed by atoms with Crippen LogP contribution in [0.2, 0.25) is 0 Å². The molecule has 3 N–H and O–H groups in total. The molecular weight excluding hydrogens is 240 g/mol. The summed E-state index contributed by atoms with van der Waals surface area (Å²) in [5.74, 6) is 0.156. The maximum atomic E-state index is 11.8. The lowest BCUT2D eigenvalue weighted by atomic mass is 9.98. The molecule has 1 amide bonds. The summed E-state index contributed by atoms with van der Waals surface area (Å²) in [5, 5.41) is 2.89. The lowest BCUT2D eigenvalue weighted by Crippen LogP contribution is -2.49. The van der Waals surface area contributed by atoms with Crippen LogP contribution in [0.15, 0.2) is 0 Å². The van der Waals surface area contributed by atoms with Gasteiger partial charge in [-0.15, -0.1) is 12.4 Å². The van der Waals surface area contributed by atoms with Crippen molar-refractivity contribution in [2.75, 3.05) is 13.2 Å². The molecule has 3 atom stereocenters. The van der Waals surface area contributed by atoms with Gasteiger partial charge in [-0.1, -0.05) is 20.3 Å². The van der Waals surface area contributed by atoms with Crippen LogP contribution < -0.4 is 11.1 Å². The van der Waals surface area contributed by atoms with Crippen LogP contribution in [0.1, 0.15) is 40.0 Å². The fourth-order valence-corrected chi connectivity index (χ4v) is 1.88. The quantitative estimate of drug-likeness (QED) is 0.790. The van der Waals surface area contributed by atoms with Gasteiger partial charge in [0.15, 0.2) is 0 Å². The minimum absolute atomic E-state index is 0. The molecular formula is C12H25ClN2O2. The van der Waals surface area contributed by atoms with Gasteiger partial charge in [-0.05, 0) is 25.7 Å². The van der Waals surface area contributed by atoms with Crippen molar-refractivity contribution in [2.24, 2.45) is 11.7 Å². The molecule has 0 aliphatic carbocycles. The fourth-order valence-electron chi connectivity index (χ4n) is 1.88. The standard InChI is InChI=1S/C12H24N2O2.ClH/c1-4-9(2)10(13)11(15)14-8-12(3)6-5-7-16-12;/h9-10H,4-8,13H2,1-3H3,(H,14,15);1H. The number of rotatable bonds is 5. The van der Waals surface area contributed by atoms with Gasteiger partial charge in [0.2, 0.25) is 5.91 Å². The van der Waals surface area contributed by atoms with Gasteiger partial charge in [-0.3, -0.25) is 4.79 Å². The number of hydrogen-bond acceptors (Lipinski definition) is 3. The normalized spacial score (nSPS) is 27.1. The minimum Gasteiger partial charge on any atom is -0.373 e. The van der Waals surface area contributed by atoms with Crippen molar-refractivity contribution in [3.63, 3.8) is 0 Å². The summed E-state index contributed by atoms with van der Waals surface area (Å²) in [6.07, 6.45) is 3.00. The van der Waals surface area contributed by atoms with E-state index in [-0.39, 0.29) is 29.8 Å². The van der Waals surface area contributed by atoms with E-state index in [4.69, 9.17) is 10.5 Å². The van der Waals surface area contributed by atoms with Crippen LogP contribution in [0.5, 0.6) is 0 Å². The van der Waals surface area contributed by atoms with Gasteiger partial charge < -0.3 is 15.8 Å². The van der Waals surface area contributed by atoms with Crippen molar-refractivity contribution in [3.05, 3.63) is 0 Å². The van der Waals surface area contributed by atoms with Gasteiger partial charge in [0.25, 0.3) is 0 Å². The zero-order chi connectivity index (χ0) is 12.2. The van der Waals surface area contributed by atoms with Crippen molar-refractivity contribution in [1.29, 1.82) is 0 Å². The Balaban J connectivity index is 0.00000256. The van der Waals surface area contributed by atoms with Crippen LogP contribution in [-0.2, 0) is 9.53 Å².